The summed E-state index contributed by atoms with van der Waals surface area (Å²) in [6.07, 6.45) is 0. The van der Waals surface area contributed by atoms with Crippen LogP contribution in [0.15, 0.2) is 0 Å². The van der Waals surface area contributed by atoms with Crippen molar-refractivity contribution in [3.8, 4) is 0 Å². The van der Waals surface area contributed by atoms with Crippen LogP contribution in [0.1, 0.15) is 20.8 Å². The smallest absolute Gasteiger partial charge is 0.316 e. The zero-order chi connectivity index (χ0) is 10.0. The first kappa shape index (κ1) is 10.8. The Balaban J connectivity index is 2.61. The van der Waals surface area contributed by atoms with Crippen LogP contribution in [0.25, 0.3) is 0 Å². The summed E-state index contributed by atoms with van der Waals surface area (Å²) in [6, 6.07) is 0.657. The normalized spacial score (nSPS) is 30.6. The van der Waals surface area contributed by atoms with E-state index in [9.17, 15) is 4.79 Å². The number of carbonyl (C=O) groups is 1. The average Bonchev–Trinajstić information content (AvgIpc) is 2.07. The lowest BCUT2D eigenvalue weighted by Gasteiger charge is -2.42. The van der Waals surface area contributed by atoms with Gasteiger partial charge in [-0.2, -0.15) is 0 Å². The van der Waals surface area contributed by atoms with Gasteiger partial charge in [0.15, 0.2) is 0 Å². The largest absolute Gasteiger partial charge is 0.324 e. The van der Waals surface area contributed by atoms with Gasteiger partial charge in [0, 0.05) is 25.2 Å². The van der Waals surface area contributed by atoms with E-state index in [1.54, 1.807) is 4.90 Å². The minimum atomic E-state index is -0.324. The molecule has 0 N–H and O–H groups in total. The molecular formula is C9H17ClN2O. The molecule has 1 aliphatic heterocycles. The van der Waals surface area contributed by atoms with Crippen molar-refractivity contribution in [2.75, 3.05) is 19.6 Å². The van der Waals surface area contributed by atoms with Gasteiger partial charge in [-0.05, 0) is 32.0 Å². The lowest BCUT2D eigenvalue weighted by Crippen LogP contribution is -2.56. The van der Waals surface area contributed by atoms with E-state index in [1.807, 2.05) is 6.92 Å². The fourth-order valence-electron chi connectivity index (χ4n) is 1.88. The maximum absolute atomic E-state index is 11.0. The Hall–Kier alpha value is -0.280. The summed E-state index contributed by atoms with van der Waals surface area (Å²) in [5.74, 6) is 0. The number of amides is 1. The van der Waals surface area contributed by atoms with Crippen molar-refractivity contribution < 1.29 is 4.79 Å². The Morgan fingerprint density at radius 2 is 2.00 bits per heavy atom. The van der Waals surface area contributed by atoms with E-state index in [1.165, 1.54) is 0 Å². The van der Waals surface area contributed by atoms with Crippen LogP contribution < -0.4 is 0 Å². The number of hydrogen-bond donors (Lipinski definition) is 0. The van der Waals surface area contributed by atoms with Gasteiger partial charge in [0.2, 0.25) is 0 Å². The van der Waals surface area contributed by atoms with Gasteiger partial charge in [-0.25, -0.2) is 0 Å². The maximum atomic E-state index is 11.0. The summed E-state index contributed by atoms with van der Waals surface area (Å²) in [7, 11) is 0. The molecular weight excluding hydrogens is 188 g/mol. The fourth-order valence-corrected chi connectivity index (χ4v) is 2.12. The molecule has 76 valence electrons. The first-order chi connectivity index (χ1) is 6.06. The van der Waals surface area contributed by atoms with Gasteiger partial charge in [-0.1, -0.05) is 6.92 Å². The molecule has 0 aromatic heterocycles. The quantitative estimate of drug-likeness (QED) is 0.480. The molecule has 1 rings (SSSR count). The maximum Gasteiger partial charge on any atom is 0.316 e. The summed E-state index contributed by atoms with van der Waals surface area (Å²) < 4.78 is 0. The van der Waals surface area contributed by atoms with Crippen molar-refractivity contribution in [3.05, 3.63) is 0 Å². The predicted molar refractivity (Wildman–Crippen MR) is 54.1 cm³/mol. The van der Waals surface area contributed by atoms with Crippen molar-refractivity contribution in [1.29, 1.82) is 0 Å². The van der Waals surface area contributed by atoms with Crippen LogP contribution in [0.2, 0.25) is 0 Å². The van der Waals surface area contributed by atoms with E-state index in [2.05, 4.69) is 18.7 Å². The van der Waals surface area contributed by atoms with Crippen molar-refractivity contribution >= 4 is 17.0 Å². The van der Waals surface area contributed by atoms with Crippen LogP contribution in [0.3, 0.4) is 0 Å². The number of halogens is 1. The third-order valence-corrected chi connectivity index (χ3v) is 2.96. The predicted octanol–water partition coefficient (Wildman–Crippen LogP) is 1.76. The summed E-state index contributed by atoms with van der Waals surface area (Å²) in [5.41, 5.74) is 0. The molecule has 0 bridgehead atoms. The van der Waals surface area contributed by atoms with Crippen molar-refractivity contribution in [2.24, 2.45) is 0 Å². The second-order valence-corrected chi connectivity index (χ2v) is 4.01. The van der Waals surface area contributed by atoms with Crippen molar-refractivity contribution in [3.63, 3.8) is 0 Å². The highest BCUT2D eigenvalue weighted by molar-refractivity contribution is 6.62. The molecule has 0 saturated carbocycles. The third-order valence-electron chi connectivity index (χ3n) is 2.75. The van der Waals surface area contributed by atoms with E-state index in [0.29, 0.717) is 6.04 Å². The first-order valence-corrected chi connectivity index (χ1v) is 5.14. The second-order valence-electron chi connectivity index (χ2n) is 3.69. The molecule has 0 spiro atoms. The van der Waals surface area contributed by atoms with Crippen LogP contribution in [-0.2, 0) is 0 Å². The highest BCUT2D eigenvalue weighted by Gasteiger charge is 2.29. The lowest BCUT2D eigenvalue weighted by atomic mass is 10.1. The number of carbonyl (C=O) groups excluding carboxylic acids is 1. The van der Waals surface area contributed by atoms with Gasteiger partial charge in [-0.3, -0.25) is 9.69 Å². The van der Waals surface area contributed by atoms with E-state index < -0.39 is 0 Å². The van der Waals surface area contributed by atoms with Gasteiger partial charge in [0.25, 0.3) is 0 Å². The Bertz CT molecular complexity index is 198. The van der Waals surface area contributed by atoms with Gasteiger partial charge in [0.05, 0.1) is 0 Å². The van der Waals surface area contributed by atoms with Crippen molar-refractivity contribution in [1.82, 2.24) is 9.80 Å². The van der Waals surface area contributed by atoms with Gasteiger partial charge in [-0.15, -0.1) is 0 Å². The van der Waals surface area contributed by atoms with E-state index in [0.717, 1.165) is 19.6 Å². The second kappa shape index (κ2) is 4.29. The zero-order valence-corrected chi connectivity index (χ0v) is 9.21. The average molecular weight is 205 g/mol. The minimum Gasteiger partial charge on any atom is -0.324 e. The molecule has 13 heavy (non-hydrogen) atoms. The van der Waals surface area contributed by atoms with Crippen LogP contribution in [0.5, 0.6) is 0 Å². The molecule has 3 nitrogen and oxygen atoms in total. The van der Waals surface area contributed by atoms with Crippen LogP contribution in [0, 0.1) is 0 Å². The molecule has 1 saturated heterocycles. The van der Waals surface area contributed by atoms with Gasteiger partial charge < -0.3 is 4.90 Å². The molecule has 0 aromatic carbocycles. The monoisotopic (exact) mass is 204 g/mol. The molecule has 1 aliphatic rings. The molecule has 1 heterocycles. The first-order valence-electron chi connectivity index (χ1n) is 4.76. The number of nitrogens with zero attached hydrogens (tertiary/aromatic N) is 2. The Morgan fingerprint density at radius 1 is 1.38 bits per heavy atom. The van der Waals surface area contributed by atoms with E-state index >= 15 is 0 Å². The number of piperazine rings is 1. The topological polar surface area (TPSA) is 23.6 Å². The third kappa shape index (κ3) is 2.35. The molecule has 2 unspecified atom stereocenters. The molecule has 1 amide bonds. The SMILES string of the molecule is CCN1CC(C)N(C(=O)Cl)CC1C. The summed E-state index contributed by atoms with van der Waals surface area (Å²) in [4.78, 5) is 15.1. The standard InChI is InChI=1S/C9H17ClN2O/c1-4-11-5-8(3)12(9(10)13)6-7(11)2/h7-8H,4-6H2,1-3H3. The molecule has 0 aliphatic carbocycles. The molecule has 0 aromatic rings. The summed E-state index contributed by atoms with van der Waals surface area (Å²) in [6.45, 7) is 9.02. The van der Waals surface area contributed by atoms with Gasteiger partial charge >= 0.3 is 5.37 Å². The molecule has 1 fully saturated rings. The summed E-state index contributed by atoms with van der Waals surface area (Å²) in [5, 5.41) is -0.324. The Morgan fingerprint density at radius 3 is 2.46 bits per heavy atom. The van der Waals surface area contributed by atoms with E-state index in [4.69, 9.17) is 11.6 Å². The molecule has 0 radical (unpaired) electrons. The number of hydrogen-bond acceptors (Lipinski definition) is 2. The highest BCUT2D eigenvalue weighted by Crippen LogP contribution is 2.16. The lowest BCUT2D eigenvalue weighted by molar-refractivity contribution is 0.0757. The van der Waals surface area contributed by atoms with Crippen LogP contribution in [-0.4, -0.2) is 46.9 Å². The molecule has 2 atom stereocenters. The zero-order valence-electron chi connectivity index (χ0n) is 8.46. The fraction of sp³-hybridized carbons (Fsp3) is 0.889. The Kier molecular flexibility index (Phi) is 3.56. The van der Waals surface area contributed by atoms with E-state index in [-0.39, 0.29) is 11.4 Å². The van der Waals surface area contributed by atoms with Crippen LogP contribution in [0.4, 0.5) is 4.79 Å². The minimum absolute atomic E-state index is 0.237. The summed E-state index contributed by atoms with van der Waals surface area (Å²) >= 11 is 5.48. The number of likely N-dealkylation sites (N-methyl/N-ethyl adjacent to an activating group) is 1. The molecule has 4 heteroatoms. The Labute approximate surface area is 84.6 Å². The number of rotatable bonds is 1. The van der Waals surface area contributed by atoms with Gasteiger partial charge in [0.1, 0.15) is 0 Å². The van der Waals surface area contributed by atoms with Crippen molar-refractivity contribution in [2.45, 2.75) is 32.9 Å². The highest BCUT2D eigenvalue weighted by atomic mass is 35.5. The van der Waals surface area contributed by atoms with Crippen LogP contribution >= 0.6 is 11.6 Å².